The second kappa shape index (κ2) is 7.69. The van der Waals surface area contributed by atoms with Crippen LogP contribution in [0, 0.1) is 0 Å². The molecule has 0 saturated heterocycles. The topological polar surface area (TPSA) is 30.5 Å². The Labute approximate surface area is 138 Å². The Morgan fingerprint density at radius 3 is 2.62 bits per heavy atom. The normalized spacial score (nSPS) is 10.5. The molecule has 0 atom stereocenters. The number of rotatable bonds is 6. The molecule has 2 aromatic rings. The molecule has 5 heteroatoms. The van der Waals surface area contributed by atoms with E-state index in [-0.39, 0.29) is 0 Å². The van der Waals surface area contributed by atoms with Crippen LogP contribution in [-0.2, 0) is 6.54 Å². The molecular weight excluding hydrogens is 354 g/mol. The molecule has 0 fully saturated rings. The van der Waals surface area contributed by atoms with Gasteiger partial charge >= 0.3 is 0 Å². The van der Waals surface area contributed by atoms with Crippen molar-refractivity contribution in [2.24, 2.45) is 0 Å². The summed E-state index contributed by atoms with van der Waals surface area (Å²) in [6.45, 7) is 3.70. The summed E-state index contributed by atoms with van der Waals surface area (Å²) in [7, 11) is 1.63. The minimum Gasteiger partial charge on any atom is -0.497 e. The van der Waals surface area contributed by atoms with Gasteiger partial charge in [0.2, 0.25) is 0 Å². The van der Waals surface area contributed by atoms with E-state index in [4.69, 9.17) is 21.1 Å². The average molecular weight is 371 g/mol. The first-order valence-corrected chi connectivity index (χ1v) is 7.81. The van der Waals surface area contributed by atoms with Gasteiger partial charge in [0.05, 0.1) is 11.6 Å². The predicted molar refractivity (Wildman–Crippen MR) is 89.6 cm³/mol. The quantitative estimate of drug-likeness (QED) is 0.775. The molecule has 0 aliphatic carbocycles. The third kappa shape index (κ3) is 4.37. The summed E-state index contributed by atoms with van der Waals surface area (Å²) in [6.07, 6.45) is 0. The van der Waals surface area contributed by atoms with Gasteiger partial charge in [0, 0.05) is 17.1 Å². The molecule has 0 saturated carbocycles. The van der Waals surface area contributed by atoms with Gasteiger partial charge < -0.3 is 14.8 Å². The molecular formula is C16H17BrClNO2. The minimum atomic E-state index is 0.648. The summed E-state index contributed by atoms with van der Waals surface area (Å²) in [5.41, 5.74) is 1.06. The van der Waals surface area contributed by atoms with Crippen molar-refractivity contribution in [1.82, 2.24) is 5.32 Å². The van der Waals surface area contributed by atoms with Crippen molar-refractivity contribution in [1.29, 1.82) is 0 Å². The maximum absolute atomic E-state index is 6.07. The number of ether oxygens (including phenoxy) is 2. The van der Waals surface area contributed by atoms with Gasteiger partial charge in [0.25, 0.3) is 0 Å². The first kappa shape index (κ1) is 16.1. The highest BCUT2D eigenvalue weighted by molar-refractivity contribution is 9.10. The summed E-state index contributed by atoms with van der Waals surface area (Å²) in [4.78, 5) is 0. The molecule has 0 radical (unpaired) electrons. The molecule has 0 amide bonds. The molecule has 0 bridgehead atoms. The Bertz CT molecular complexity index is 619. The van der Waals surface area contributed by atoms with Gasteiger partial charge in [-0.3, -0.25) is 0 Å². The summed E-state index contributed by atoms with van der Waals surface area (Å²) in [6, 6.07) is 11.2. The molecule has 1 N–H and O–H groups in total. The number of nitrogens with one attached hydrogen (secondary N) is 1. The summed E-state index contributed by atoms with van der Waals surface area (Å²) in [5.74, 6) is 2.23. The van der Waals surface area contributed by atoms with Gasteiger partial charge in [0.1, 0.15) is 17.2 Å². The van der Waals surface area contributed by atoms with Crippen molar-refractivity contribution in [2.45, 2.75) is 13.5 Å². The minimum absolute atomic E-state index is 0.648. The van der Waals surface area contributed by atoms with Crippen LogP contribution in [0.4, 0.5) is 0 Å². The van der Waals surface area contributed by atoms with Crippen molar-refractivity contribution >= 4 is 27.5 Å². The van der Waals surface area contributed by atoms with E-state index >= 15 is 0 Å². The number of methoxy groups -OCH3 is 1. The van der Waals surface area contributed by atoms with E-state index in [2.05, 4.69) is 28.2 Å². The van der Waals surface area contributed by atoms with Crippen molar-refractivity contribution in [3.63, 3.8) is 0 Å². The lowest BCUT2D eigenvalue weighted by Crippen LogP contribution is -2.12. The van der Waals surface area contributed by atoms with Gasteiger partial charge in [-0.1, -0.05) is 24.6 Å². The fraction of sp³-hybridized carbons (Fsp3) is 0.250. The largest absolute Gasteiger partial charge is 0.497 e. The van der Waals surface area contributed by atoms with Crippen LogP contribution in [0.5, 0.6) is 17.2 Å². The first-order valence-electron chi connectivity index (χ1n) is 6.64. The lowest BCUT2D eigenvalue weighted by molar-refractivity contribution is 0.412. The summed E-state index contributed by atoms with van der Waals surface area (Å²) >= 11 is 9.56. The van der Waals surface area contributed by atoms with Gasteiger partial charge in [-0.05, 0) is 52.8 Å². The van der Waals surface area contributed by atoms with Crippen LogP contribution in [0.25, 0.3) is 0 Å². The molecule has 0 unspecified atom stereocenters. The number of hydrogen-bond donors (Lipinski definition) is 1. The monoisotopic (exact) mass is 369 g/mol. The standard InChI is InChI=1S/C16H17BrClNO2/c1-3-19-10-11-4-5-12(18)8-16(11)21-15-7-6-13(20-2)9-14(15)17/h4-9,19H,3,10H2,1-2H3. The van der Waals surface area contributed by atoms with Crippen LogP contribution < -0.4 is 14.8 Å². The molecule has 2 aromatic carbocycles. The Balaban J connectivity index is 2.27. The second-order valence-corrected chi connectivity index (χ2v) is 5.72. The highest BCUT2D eigenvalue weighted by Gasteiger charge is 2.09. The molecule has 0 aliphatic heterocycles. The SMILES string of the molecule is CCNCc1ccc(Cl)cc1Oc1ccc(OC)cc1Br. The lowest BCUT2D eigenvalue weighted by atomic mass is 10.2. The molecule has 21 heavy (non-hydrogen) atoms. The van der Waals surface area contributed by atoms with Crippen LogP contribution in [0.15, 0.2) is 40.9 Å². The number of halogens is 2. The third-order valence-electron chi connectivity index (χ3n) is 2.95. The third-order valence-corrected chi connectivity index (χ3v) is 3.81. The summed E-state index contributed by atoms with van der Waals surface area (Å²) in [5, 5.41) is 3.94. The second-order valence-electron chi connectivity index (χ2n) is 4.43. The maximum atomic E-state index is 6.07. The predicted octanol–water partition coefficient (Wildman–Crippen LogP) is 5.01. The fourth-order valence-electron chi connectivity index (χ4n) is 1.84. The van der Waals surface area contributed by atoms with E-state index in [0.717, 1.165) is 40.4 Å². The molecule has 0 heterocycles. The van der Waals surface area contributed by atoms with Crippen LogP contribution in [0.1, 0.15) is 12.5 Å². The van der Waals surface area contributed by atoms with Crippen molar-refractivity contribution < 1.29 is 9.47 Å². The van der Waals surface area contributed by atoms with Crippen molar-refractivity contribution in [3.05, 3.63) is 51.5 Å². The maximum Gasteiger partial charge on any atom is 0.141 e. The average Bonchev–Trinajstić information content (AvgIpc) is 2.48. The van der Waals surface area contributed by atoms with Crippen molar-refractivity contribution in [2.75, 3.05) is 13.7 Å². The van der Waals surface area contributed by atoms with Gasteiger partial charge in [-0.15, -0.1) is 0 Å². The number of benzene rings is 2. The van der Waals surface area contributed by atoms with E-state index in [1.807, 2.05) is 36.4 Å². The van der Waals surface area contributed by atoms with E-state index in [1.54, 1.807) is 7.11 Å². The van der Waals surface area contributed by atoms with Crippen LogP contribution in [-0.4, -0.2) is 13.7 Å². The zero-order valence-electron chi connectivity index (χ0n) is 12.0. The zero-order chi connectivity index (χ0) is 15.2. The van der Waals surface area contributed by atoms with E-state index in [0.29, 0.717) is 5.02 Å². The van der Waals surface area contributed by atoms with Gasteiger partial charge in [0.15, 0.2) is 0 Å². The molecule has 2 rings (SSSR count). The zero-order valence-corrected chi connectivity index (χ0v) is 14.3. The number of hydrogen-bond acceptors (Lipinski definition) is 3. The fourth-order valence-corrected chi connectivity index (χ4v) is 2.44. The van der Waals surface area contributed by atoms with Gasteiger partial charge in [-0.2, -0.15) is 0 Å². The first-order chi connectivity index (χ1) is 10.1. The van der Waals surface area contributed by atoms with Crippen molar-refractivity contribution in [3.8, 4) is 17.2 Å². The Hall–Kier alpha value is -1.23. The van der Waals surface area contributed by atoms with E-state index < -0.39 is 0 Å². The Kier molecular flexibility index (Phi) is 5.91. The summed E-state index contributed by atoms with van der Waals surface area (Å²) < 4.78 is 12.0. The molecule has 0 spiro atoms. The molecule has 112 valence electrons. The Morgan fingerprint density at radius 2 is 1.95 bits per heavy atom. The van der Waals surface area contributed by atoms with E-state index in [1.165, 1.54) is 0 Å². The smallest absolute Gasteiger partial charge is 0.141 e. The van der Waals surface area contributed by atoms with E-state index in [9.17, 15) is 0 Å². The Morgan fingerprint density at radius 1 is 1.14 bits per heavy atom. The highest BCUT2D eigenvalue weighted by Crippen LogP contribution is 2.35. The highest BCUT2D eigenvalue weighted by atomic mass is 79.9. The molecule has 0 aliphatic rings. The van der Waals surface area contributed by atoms with Crippen LogP contribution >= 0.6 is 27.5 Å². The molecule has 0 aromatic heterocycles. The lowest BCUT2D eigenvalue weighted by Gasteiger charge is -2.13. The van der Waals surface area contributed by atoms with Gasteiger partial charge in [-0.25, -0.2) is 0 Å². The molecule has 3 nitrogen and oxygen atoms in total. The van der Waals surface area contributed by atoms with Crippen LogP contribution in [0.2, 0.25) is 5.02 Å². The van der Waals surface area contributed by atoms with Crippen LogP contribution in [0.3, 0.4) is 0 Å².